The molecule has 0 aromatic heterocycles. The van der Waals surface area contributed by atoms with Crippen LogP contribution in [0.2, 0.25) is 0 Å². The first kappa shape index (κ1) is 18.0. The van der Waals surface area contributed by atoms with E-state index in [1.165, 1.54) is 4.31 Å². The summed E-state index contributed by atoms with van der Waals surface area (Å²) in [6.45, 7) is 2.07. The van der Waals surface area contributed by atoms with Crippen LogP contribution in [-0.4, -0.2) is 60.4 Å². The molecule has 1 aromatic rings. The van der Waals surface area contributed by atoms with Crippen LogP contribution >= 0.6 is 0 Å². The molecular formula is C17H22N2O5S. The third-order valence-electron chi connectivity index (χ3n) is 4.64. The maximum atomic E-state index is 12.7. The average molecular weight is 366 g/mol. The zero-order valence-electron chi connectivity index (χ0n) is 14.1. The number of benzene rings is 1. The normalized spacial score (nSPS) is 24.6. The quantitative estimate of drug-likeness (QED) is 0.785. The van der Waals surface area contributed by atoms with E-state index in [0.717, 1.165) is 10.5 Å². The van der Waals surface area contributed by atoms with Crippen LogP contribution in [0, 0.1) is 0 Å². The summed E-state index contributed by atoms with van der Waals surface area (Å²) >= 11 is 0. The summed E-state index contributed by atoms with van der Waals surface area (Å²) in [5, 5.41) is 0. The van der Waals surface area contributed by atoms with Crippen molar-refractivity contribution in [2.24, 2.45) is 0 Å². The fourth-order valence-corrected chi connectivity index (χ4v) is 4.88. The number of sulfonamides is 1. The zero-order chi connectivity index (χ0) is 18.0. The highest BCUT2D eigenvalue weighted by molar-refractivity contribution is 7.89. The van der Waals surface area contributed by atoms with Gasteiger partial charge in [-0.25, -0.2) is 8.42 Å². The molecule has 2 atom stereocenters. The molecule has 0 radical (unpaired) electrons. The topological polar surface area (TPSA) is 84.0 Å². The number of ether oxygens (including phenoxy) is 1. The van der Waals surface area contributed by atoms with Crippen molar-refractivity contribution in [3.63, 3.8) is 0 Å². The Kier molecular flexibility index (Phi) is 5.21. The van der Waals surface area contributed by atoms with Gasteiger partial charge in [-0.2, -0.15) is 4.31 Å². The van der Waals surface area contributed by atoms with Gasteiger partial charge in [0.1, 0.15) is 12.1 Å². The van der Waals surface area contributed by atoms with Crippen LogP contribution in [0.4, 0.5) is 0 Å². The standard InChI is InChI=1S/C17H22N2O5S/c1-13(24-12-14-6-3-2-4-7-14)16(20)18-10-11-25(22,23)19-9-5-8-15(19)17(18)21/h2-4,6-7,13,15H,5,8-12H2,1H3/t13-,15+/m0/s1. The molecule has 2 aliphatic rings. The lowest BCUT2D eigenvalue weighted by atomic mass is 10.2. The molecule has 2 saturated heterocycles. The molecule has 2 amide bonds. The number of fused-ring (bicyclic) bond motifs is 1. The Labute approximate surface area is 147 Å². The molecule has 0 aliphatic carbocycles. The SMILES string of the molecule is C[C@H](OCc1ccccc1)C(=O)N1CCS(=O)(=O)N2CCC[C@@H]2C1=O. The van der Waals surface area contributed by atoms with E-state index in [4.69, 9.17) is 4.74 Å². The fourth-order valence-electron chi connectivity index (χ4n) is 3.24. The van der Waals surface area contributed by atoms with Gasteiger partial charge in [0.2, 0.25) is 15.9 Å². The Hall–Kier alpha value is -1.77. The lowest BCUT2D eigenvalue weighted by molar-refractivity contribution is -0.153. The highest BCUT2D eigenvalue weighted by Gasteiger charge is 2.45. The van der Waals surface area contributed by atoms with Gasteiger partial charge < -0.3 is 4.74 Å². The molecule has 2 heterocycles. The molecule has 2 fully saturated rings. The maximum Gasteiger partial charge on any atom is 0.258 e. The van der Waals surface area contributed by atoms with E-state index < -0.39 is 34.0 Å². The van der Waals surface area contributed by atoms with Crippen molar-refractivity contribution in [1.29, 1.82) is 0 Å². The predicted molar refractivity (Wildman–Crippen MR) is 90.9 cm³/mol. The Morgan fingerprint density at radius 1 is 1.28 bits per heavy atom. The van der Waals surface area contributed by atoms with Crippen LogP contribution in [0.25, 0.3) is 0 Å². The number of hydrogen-bond donors (Lipinski definition) is 0. The van der Waals surface area contributed by atoms with E-state index in [-0.39, 0.29) is 18.9 Å². The van der Waals surface area contributed by atoms with Gasteiger partial charge in [-0.3, -0.25) is 14.5 Å². The number of hydrogen-bond acceptors (Lipinski definition) is 5. The molecule has 1 aromatic carbocycles. The monoisotopic (exact) mass is 366 g/mol. The molecule has 7 nitrogen and oxygen atoms in total. The molecule has 25 heavy (non-hydrogen) atoms. The van der Waals surface area contributed by atoms with Crippen molar-refractivity contribution in [2.75, 3.05) is 18.8 Å². The van der Waals surface area contributed by atoms with Gasteiger partial charge in [0.15, 0.2) is 0 Å². The summed E-state index contributed by atoms with van der Waals surface area (Å²) < 4.78 is 31.4. The predicted octanol–water partition coefficient (Wildman–Crippen LogP) is 0.755. The van der Waals surface area contributed by atoms with E-state index in [0.29, 0.717) is 19.4 Å². The maximum absolute atomic E-state index is 12.7. The minimum atomic E-state index is -3.50. The molecule has 3 rings (SSSR count). The van der Waals surface area contributed by atoms with Crippen LogP contribution in [0.5, 0.6) is 0 Å². The van der Waals surface area contributed by atoms with Crippen molar-refractivity contribution in [2.45, 2.75) is 38.5 Å². The lowest BCUT2D eigenvalue weighted by Crippen LogP contribution is -2.48. The van der Waals surface area contributed by atoms with Crippen molar-refractivity contribution >= 4 is 21.8 Å². The first-order valence-corrected chi connectivity index (χ1v) is 10.0. The lowest BCUT2D eigenvalue weighted by Gasteiger charge is -2.25. The summed E-state index contributed by atoms with van der Waals surface area (Å²) in [6.07, 6.45) is 0.276. The zero-order valence-corrected chi connectivity index (χ0v) is 14.9. The second-order valence-electron chi connectivity index (χ2n) is 6.35. The van der Waals surface area contributed by atoms with Crippen LogP contribution < -0.4 is 0 Å². The molecule has 0 bridgehead atoms. The van der Waals surface area contributed by atoms with Crippen molar-refractivity contribution in [3.8, 4) is 0 Å². The van der Waals surface area contributed by atoms with Gasteiger partial charge in [-0.15, -0.1) is 0 Å². The summed E-state index contributed by atoms with van der Waals surface area (Å²) in [7, 11) is -3.50. The minimum absolute atomic E-state index is 0.119. The second kappa shape index (κ2) is 7.23. The summed E-state index contributed by atoms with van der Waals surface area (Å²) in [6, 6.07) is 8.67. The molecule has 8 heteroatoms. The number of carbonyl (C=O) groups is 2. The molecule has 136 valence electrons. The average Bonchev–Trinajstić information content (AvgIpc) is 3.08. The van der Waals surface area contributed by atoms with Gasteiger partial charge in [-0.05, 0) is 25.3 Å². The number of imide groups is 1. The Balaban J connectivity index is 1.69. The van der Waals surface area contributed by atoms with E-state index in [1.54, 1.807) is 6.92 Å². The van der Waals surface area contributed by atoms with Crippen molar-refractivity contribution < 1.29 is 22.7 Å². The van der Waals surface area contributed by atoms with Gasteiger partial charge in [-0.1, -0.05) is 30.3 Å². The summed E-state index contributed by atoms with van der Waals surface area (Å²) in [5.41, 5.74) is 0.925. The third-order valence-corrected chi connectivity index (χ3v) is 6.49. The fraction of sp³-hybridized carbons (Fsp3) is 0.529. The molecule has 0 spiro atoms. The first-order chi connectivity index (χ1) is 11.9. The van der Waals surface area contributed by atoms with E-state index >= 15 is 0 Å². The van der Waals surface area contributed by atoms with E-state index in [1.807, 2.05) is 30.3 Å². The third kappa shape index (κ3) is 3.75. The highest BCUT2D eigenvalue weighted by atomic mass is 32.2. The van der Waals surface area contributed by atoms with E-state index in [9.17, 15) is 18.0 Å². The molecule has 0 unspecified atom stereocenters. The molecule has 0 N–H and O–H groups in total. The van der Waals surface area contributed by atoms with Gasteiger partial charge in [0.25, 0.3) is 5.91 Å². The largest absolute Gasteiger partial charge is 0.364 e. The Morgan fingerprint density at radius 2 is 2.00 bits per heavy atom. The van der Waals surface area contributed by atoms with Crippen LogP contribution in [0.1, 0.15) is 25.3 Å². The van der Waals surface area contributed by atoms with Gasteiger partial charge in [0.05, 0.1) is 12.4 Å². The first-order valence-electron chi connectivity index (χ1n) is 8.40. The van der Waals surface area contributed by atoms with E-state index in [2.05, 4.69) is 0 Å². The number of amides is 2. The van der Waals surface area contributed by atoms with Crippen LogP contribution in [-0.2, 0) is 31.0 Å². The molecule has 0 saturated carbocycles. The van der Waals surface area contributed by atoms with Crippen LogP contribution in [0.15, 0.2) is 30.3 Å². The smallest absolute Gasteiger partial charge is 0.258 e. The van der Waals surface area contributed by atoms with Gasteiger partial charge >= 0.3 is 0 Å². The Morgan fingerprint density at radius 3 is 2.72 bits per heavy atom. The summed E-state index contributed by atoms with van der Waals surface area (Å²) in [5.74, 6) is -1.14. The highest BCUT2D eigenvalue weighted by Crippen LogP contribution is 2.26. The number of rotatable bonds is 4. The van der Waals surface area contributed by atoms with Crippen molar-refractivity contribution in [3.05, 3.63) is 35.9 Å². The second-order valence-corrected chi connectivity index (χ2v) is 8.39. The number of carbonyl (C=O) groups excluding carboxylic acids is 2. The Bertz CT molecular complexity index is 750. The molecular weight excluding hydrogens is 344 g/mol. The van der Waals surface area contributed by atoms with Crippen LogP contribution in [0.3, 0.4) is 0 Å². The van der Waals surface area contributed by atoms with Crippen molar-refractivity contribution in [1.82, 2.24) is 9.21 Å². The van der Waals surface area contributed by atoms with Gasteiger partial charge in [0, 0.05) is 13.1 Å². The number of nitrogens with zero attached hydrogens (tertiary/aromatic N) is 2. The summed E-state index contributed by atoms with van der Waals surface area (Å²) in [4.78, 5) is 26.4. The minimum Gasteiger partial charge on any atom is -0.364 e. The molecule has 2 aliphatic heterocycles.